The fourth-order valence-electron chi connectivity index (χ4n) is 1.50. The maximum atomic E-state index is 11.1. The van der Waals surface area contributed by atoms with Crippen LogP contribution in [0.5, 0.6) is 0 Å². The molecule has 0 unspecified atom stereocenters. The molecule has 90 valence electrons. The fourth-order valence-corrected chi connectivity index (χ4v) is 1.67. The zero-order valence-electron chi connectivity index (χ0n) is 9.89. The van der Waals surface area contributed by atoms with Crippen molar-refractivity contribution in [3.05, 3.63) is 0 Å². The summed E-state index contributed by atoms with van der Waals surface area (Å²) in [5.74, 6) is 0.456. The molecule has 0 saturated heterocycles. The Kier molecular flexibility index (Phi) is 10.1. The van der Waals surface area contributed by atoms with Crippen LogP contribution in [0, 0.1) is 0 Å². The molecule has 0 aromatic carbocycles. The highest BCUT2D eigenvalue weighted by molar-refractivity contribution is 6.18. The van der Waals surface area contributed by atoms with Crippen LogP contribution in [0.2, 0.25) is 0 Å². The second kappa shape index (κ2) is 10.2. The minimum absolute atomic E-state index is 0.0537. The van der Waals surface area contributed by atoms with Crippen LogP contribution >= 0.6 is 11.6 Å². The molecular formula is C11H23ClN2O. The number of nitrogens with one attached hydrogen (secondary N) is 1. The molecule has 3 nitrogen and oxygen atoms in total. The third kappa shape index (κ3) is 8.70. The molecule has 0 rings (SSSR count). The van der Waals surface area contributed by atoms with Gasteiger partial charge in [0, 0.05) is 25.4 Å². The van der Waals surface area contributed by atoms with Crippen LogP contribution in [-0.4, -0.2) is 42.9 Å². The maximum Gasteiger partial charge on any atom is 0.221 e. The summed E-state index contributed by atoms with van der Waals surface area (Å²) in [6, 6.07) is 0. The number of alkyl halides is 1. The number of rotatable bonds is 9. The van der Waals surface area contributed by atoms with E-state index < -0.39 is 0 Å². The molecule has 0 spiro atoms. The average molecular weight is 235 g/mol. The normalized spacial score (nSPS) is 10.7. The second-order valence-corrected chi connectivity index (χ2v) is 4.01. The molecule has 0 fully saturated rings. The number of carbonyl (C=O) groups excluding carboxylic acids is 1. The molecule has 0 aliphatic carbocycles. The Bertz CT molecular complexity index is 159. The zero-order chi connectivity index (χ0) is 11.5. The van der Waals surface area contributed by atoms with Gasteiger partial charge in [-0.2, -0.15) is 0 Å². The quantitative estimate of drug-likeness (QED) is 0.618. The summed E-state index contributed by atoms with van der Waals surface area (Å²) in [6.45, 7) is 8.24. The summed E-state index contributed by atoms with van der Waals surface area (Å²) < 4.78 is 0. The summed E-state index contributed by atoms with van der Waals surface area (Å²) in [5, 5.41) is 2.87. The molecular weight excluding hydrogens is 212 g/mol. The highest BCUT2D eigenvalue weighted by Crippen LogP contribution is 1.93. The van der Waals surface area contributed by atoms with Crippen LogP contribution in [0.4, 0.5) is 0 Å². The Balaban J connectivity index is 3.55. The highest BCUT2D eigenvalue weighted by Gasteiger charge is 2.03. The van der Waals surface area contributed by atoms with Crippen molar-refractivity contribution in [2.24, 2.45) is 0 Å². The lowest BCUT2D eigenvalue weighted by atomic mass is 10.3. The first-order valence-electron chi connectivity index (χ1n) is 5.79. The molecule has 0 saturated carbocycles. The Morgan fingerprint density at radius 2 is 1.80 bits per heavy atom. The van der Waals surface area contributed by atoms with E-state index in [4.69, 9.17) is 11.6 Å². The first-order valence-corrected chi connectivity index (χ1v) is 6.33. The summed E-state index contributed by atoms with van der Waals surface area (Å²) in [4.78, 5) is 13.5. The molecule has 1 amide bonds. The predicted molar refractivity (Wildman–Crippen MR) is 65.4 cm³/mol. The van der Waals surface area contributed by atoms with Crippen molar-refractivity contribution >= 4 is 17.5 Å². The van der Waals surface area contributed by atoms with Gasteiger partial charge in [0.2, 0.25) is 5.91 Å². The lowest BCUT2D eigenvalue weighted by Crippen LogP contribution is -2.35. The number of halogens is 1. The van der Waals surface area contributed by atoms with Gasteiger partial charge in [-0.05, 0) is 25.9 Å². The minimum atomic E-state index is 0.0537. The molecule has 0 heterocycles. The van der Waals surface area contributed by atoms with Gasteiger partial charge >= 0.3 is 0 Å². The van der Waals surface area contributed by atoms with E-state index in [-0.39, 0.29) is 5.91 Å². The van der Waals surface area contributed by atoms with E-state index in [1.165, 1.54) is 0 Å². The van der Waals surface area contributed by atoms with E-state index >= 15 is 0 Å². The molecule has 0 aromatic heterocycles. The number of nitrogens with zero attached hydrogens (tertiary/aromatic N) is 1. The summed E-state index contributed by atoms with van der Waals surface area (Å²) >= 11 is 5.47. The van der Waals surface area contributed by atoms with E-state index in [0.29, 0.717) is 12.3 Å². The van der Waals surface area contributed by atoms with Gasteiger partial charge in [0.1, 0.15) is 0 Å². The first-order chi connectivity index (χ1) is 7.24. The SMILES string of the molecule is CCCN(CCC)CCNC(=O)CCCl. The highest BCUT2D eigenvalue weighted by atomic mass is 35.5. The number of amides is 1. The van der Waals surface area contributed by atoms with Crippen LogP contribution in [0.3, 0.4) is 0 Å². The third-order valence-electron chi connectivity index (χ3n) is 2.15. The maximum absolute atomic E-state index is 11.1. The zero-order valence-corrected chi connectivity index (χ0v) is 10.6. The van der Waals surface area contributed by atoms with Crippen LogP contribution < -0.4 is 5.32 Å². The van der Waals surface area contributed by atoms with Crippen molar-refractivity contribution in [1.29, 1.82) is 0 Å². The standard InChI is InChI=1S/C11H23ClN2O/c1-3-8-14(9-4-2)10-7-13-11(15)5-6-12/h3-10H2,1-2H3,(H,13,15). The molecule has 4 heteroatoms. The van der Waals surface area contributed by atoms with Gasteiger partial charge in [0.05, 0.1) is 0 Å². The topological polar surface area (TPSA) is 32.3 Å². The number of hydrogen-bond acceptors (Lipinski definition) is 2. The monoisotopic (exact) mass is 234 g/mol. The van der Waals surface area contributed by atoms with Gasteiger partial charge in [-0.1, -0.05) is 13.8 Å². The van der Waals surface area contributed by atoms with Crippen LogP contribution in [0.1, 0.15) is 33.1 Å². The largest absolute Gasteiger partial charge is 0.355 e. The van der Waals surface area contributed by atoms with Gasteiger partial charge in [0.25, 0.3) is 0 Å². The van der Waals surface area contributed by atoms with E-state index in [1.54, 1.807) is 0 Å². The predicted octanol–water partition coefficient (Wildman–Crippen LogP) is 1.85. The average Bonchev–Trinajstić information content (AvgIpc) is 2.19. The molecule has 0 aliphatic heterocycles. The molecule has 0 aromatic rings. The van der Waals surface area contributed by atoms with Crippen molar-refractivity contribution in [2.75, 3.05) is 32.1 Å². The van der Waals surface area contributed by atoms with Crippen molar-refractivity contribution in [3.8, 4) is 0 Å². The number of carbonyl (C=O) groups is 1. The van der Waals surface area contributed by atoms with Crippen molar-refractivity contribution in [3.63, 3.8) is 0 Å². The van der Waals surface area contributed by atoms with Crippen LogP contribution in [-0.2, 0) is 4.79 Å². The van der Waals surface area contributed by atoms with Gasteiger partial charge in [-0.3, -0.25) is 4.79 Å². The third-order valence-corrected chi connectivity index (χ3v) is 2.34. The fraction of sp³-hybridized carbons (Fsp3) is 0.909. The molecule has 1 N–H and O–H groups in total. The smallest absolute Gasteiger partial charge is 0.221 e. The van der Waals surface area contributed by atoms with E-state index in [2.05, 4.69) is 24.1 Å². The van der Waals surface area contributed by atoms with Gasteiger partial charge in [-0.15, -0.1) is 11.6 Å². The van der Waals surface area contributed by atoms with Crippen molar-refractivity contribution in [2.45, 2.75) is 33.1 Å². The molecule has 0 bridgehead atoms. The Labute approximate surface area is 98.2 Å². The van der Waals surface area contributed by atoms with Gasteiger partial charge < -0.3 is 10.2 Å². The lowest BCUT2D eigenvalue weighted by molar-refractivity contribution is -0.120. The van der Waals surface area contributed by atoms with Crippen molar-refractivity contribution < 1.29 is 4.79 Å². The lowest BCUT2D eigenvalue weighted by Gasteiger charge is -2.20. The molecule has 0 atom stereocenters. The summed E-state index contributed by atoms with van der Waals surface area (Å²) in [6.07, 6.45) is 2.74. The summed E-state index contributed by atoms with van der Waals surface area (Å²) in [7, 11) is 0. The Morgan fingerprint density at radius 3 is 2.27 bits per heavy atom. The van der Waals surface area contributed by atoms with Crippen LogP contribution in [0.15, 0.2) is 0 Å². The van der Waals surface area contributed by atoms with E-state index in [1.807, 2.05) is 0 Å². The van der Waals surface area contributed by atoms with E-state index in [0.717, 1.165) is 39.0 Å². The minimum Gasteiger partial charge on any atom is -0.355 e. The van der Waals surface area contributed by atoms with Gasteiger partial charge in [-0.25, -0.2) is 0 Å². The number of hydrogen-bond donors (Lipinski definition) is 1. The van der Waals surface area contributed by atoms with Gasteiger partial charge in [0.15, 0.2) is 0 Å². The summed E-state index contributed by atoms with van der Waals surface area (Å²) in [5.41, 5.74) is 0. The Hall–Kier alpha value is -0.280. The second-order valence-electron chi connectivity index (χ2n) is 3.63. The van der Waals surface area contributed by atoms with Crippen molar-refractivity contribution in [1.82, 2.24) is 10.2 Å². The molecule has 15 heavy (non-hydrogen) atoms. The molecule has 0 aliphatic rings. The van der Waals surface area contributed by atoms with Crippen LogP contribution in [0.25, 0.3) is 0 Å². The van der Waals surface area contributed by atoms with E-state index in [9.17, 15) is 4.79 Å². The Morgan fingerprint density at radius 1 is 1.20 bits per heavy atom. The molecule has 0 radical (unpaired) electrons. The first kappa shape index (κ1) is 14.7.